The van der Waals surface area contributed by atoms with Gasteiger partial charge in [0.1, 0.15) is 5.82 Å². The van der Waals surface area contributed by atoms with Crippen LogP contribution in [0.2, 0.25) is 0 Å². The van der Waals surface area contributed by atoms with E-state index >= 15 is 0 Å². The summed E-state index contributed by atoms with van der Waals surface area (Å²) in [5, 5.41) is 37.2. The summed E-state index contributed by atoms with van der Waals surface area (Å²) in [5.74, 6) is -4.05. The van der Waals surface area contributed by atoms with Crippen LogP contribution in [0.25, 0.3) is 21.8 Å². The van der Waals surface area contributed by atoms with Crippen LogP contribution < -0.4 is 5.32 Å². The van der Waals surface area contributed by atoms with E-state index in [-0.39, 0.29) is 0 Å². The average Bonchev–Trinajstić information content (AvgIpc) is 3.22. The van der Waals surface area contributed by atoms with Gasteiger partial charge in [0.2, 0.25) is 0 Å². The Bertz CT molecular complexity index is 1230. The van der Waals surface area contributed by atoms with Crippen LogP contribution in [0, 0.1) is 6.92 Å². The van der Waals surface area contributed by atoms with Crippen molar-refractivity contribution in [3.05, 3.63) is 60.3 Å². The zero-order valence-electron chi connectivity index (χ0n) is 20.6. The van der Waals surface area contributed by atoms with Crippen LogP contribution in [0.3, 0.4) is 0 Å². The fourth-order valence-electron chi connectivity index (χ4n) is 3.00. The van der Waals surface area contributed by atoms with Gasteiger partial charge >= 0.3 is 23.9 Å². The molecule has 2 heterocycles. The number of benzene rings is 1. The van der Waals surface area contributed by atoms with Crippen molar-refractivity contribution in [1.29, 1.82) is 0 Å². The number of rotatable bonds is 9. The van der Waals surface area contributed by atoms with Gasteiger partial charge in [0, 0.05) is 53.3 Å². The fourth-order valence-corrected chi connectivity index (χ4v) is 3.00. The highest BCUT2D eigenvalue weighted by Crippen LogP contribution is 2.31. The van der Waals surface area contributed by atoms with Crippen LogP contribution >= 0.6 is 0 Å². The molecule has 198 valence electrons. The molecule has 2 aromatic heterocycles. The van der Waals surface area contributed by atoms with Gasteiger partial charge in [0.25, 0.3) is 0 Å². The standard InChI is InChI=1S/C17H22N4.2C4H4O4/c1-12-11-19-17(18-9-6-10-21(2)3)15-13-7-4-5-8-14(13)20-16(12)15;2*5-3(6)1-2-4(7)8/h4-5,7-8,11,20H,6,9-10H2,1-3H3,(H,18,19);2*1-2H,(H,5,6)(H,7,8)/b;2*2-1+. The van der Waals surface area contributed by atoms with Crippen molar-refractivity contribution in [2.75, 3.05) is 32.5 Å². The molecular formula is C25H30N4O8. The molecule has 0 saturated carbocycles. The molecule has 0 aliphatic heterocycles. The third kappa shape index (κ3) is 11.5. The topological polar surface area (TPSA) is 193 Å². The first-order chi connectivity index (χ1) is 17.4. The maximum absolute atomic E-state index is 9.55. The number of para-hydroxylation sites is 1. The molecule has 3 aromatic rings. The largest absolute Gasteiger partial charge is 0.478 e. The summed E-state index contributed by atoms with van der Waals surface area (Å²) in [4.78, 5) is 48.5. The van der Waals surface area contributed by atoms with Crippen molar-refractivity contribution >= 4 is 51.5 Å². The molecule has 0 spiro atoms. The molecule has 0 atom stereocenters. The van der Waals surface area contributed by atoms with E-state index in [4.69, 9.17) is 20.4 Å². The van der Waals surface area contributed by atoms with E-state index < -0.39 is 23.9 Å². The number of aryl methyl sites for hydroxylation is 1. The quantitative estimate of drug-likeness (QED) is 0.182. The number of aromatic amines is 1. The van der Waals surface area contributed by atoms with Crippen LogP contribution in [0.1, 0.15) is 12.0 Å². The van der Waals surface area contributed by atoms with Crippen molar-refractivity contribution in [2.24, 2.45) is 0 Å². The van der Waals surface area contributed by atoms with Crippen molar-refractivity contribution in [3.63, 3.8) is 0 Å². The fraction of sp³-hybridized carbons (Fsp3) is 0.240. The Labute approximate surface area is 212 Å². The first-order valence-electron chi connectivity index (χ1n) is 10.9. The molecule has 0 unspecified atom stereocenters. The van der Waals surface area contributed by atoms with Gasteiger partial charge in [-0.25, -0.2) is 24.2 Å². The van der Waals surface area contributed by atoms with Crippen LogP contribution in [-0.4, -0.2) is 86.4 Å². The van der Waals surface area contributed by atoms with E-state index in [1.54, 1.807) is 0 Å². The summed E-state index contributed by atoms with van der Waals surface area (Å²) in [6, 6.07) is 8.41. The predicted octanol–water partition coefficient (Wildman–Crippen LogP) is 2.81. The number of H-pyrrole nitrogens is 1. The molecule has 37 heavy (non-hydrogen) atoms. The third-order valence-electron chi connectivity index (χ3n) is 4.54. The maximum Gasteiger partial charge on any atom is 0.328 e. The first-order valence-corrected chi connectivity index (χ1v) is 10.9. The maximum atomic E-state index is 9.55. The van der Waals surface area contributed by atoms with E-state index in [9.17, 15) is 19.2 Å². The van der Waals surface area contributed by atoms with Crippen LogP contribution in [-0.2, 0) is 19.2 Å². The number of nitrogens with one attached hydrogen (secondary N) is 2. The second-order valence-corrected chi connectivity index (χ2v) is 7.81. The number of carboxylic acids is 4. The Morgan fingerprint density at radius 2 is 1.43 bits per heavy atom. The highest BCUT2D eigenvalue weighted by atomic mass is 16.4. The Balaban J connectivity index is 0.000000355. The second kappa shape index (κ2) is 15.3. The lowest BCUT2D eigenvalue weighted by atomic mass is 10.1. The minimum Gasteiger partial charge on any atom is -0.478 e. The van der Waals surface area contributed by atoms with E-state index in [0.29, 0.717) is 24.3 Å². The molecule has 1 aromatic carbocycles. The smallest absolute Gasteiger partial charge is 0.328 e. The lowest BCUT2D eigenvalue weighted by Gasteiger charge is -2.11. The van der Waals surface area contributed by atoms with Gasteiger partial charge in [-0.05, 0) is 45.6 Å². The molecule has 0 bridgehead atoms. The Morgan fingerprint density at radius 1 is 0.919 bits per heavy atom. The zero-order valence-corrected chi connectivity index (χ0v) is 20.6. The summed E-state index contributed by atoms with van der Waals surface area (Å²) in [6.45, 7) is 4.11. The monoisotopic (exact) mass is 514 g/mol. The molecule has 0 aliphatic rings. The average molecular weight is 515 g/mol. The van der Waals surface area contributed by atoms with Crippen molar-refractivity contribution in [3.8, 4) is 0 Å². The lowest BCUT2D eigenvalue weighted by molar-refractivity contribution is -0.134. The molecule has 0 fully saturated rings. The van der Waals surface area contributed by atoms with Crippen molar-refractivity contribution in [1.82, 2.24) is 14.9 Å². The molecule has 0 aliphatic carbocycles. The summed E-state index contributed by atoms with van der Waals surface area (Å²) in [6.07, 6.45) is 5.27. The molecule has 0 amide bonds. The summed E-state index contributed by atoms with van der Waals surface area (Å²) in [7, 11) is 4.20. The number of nitrogens with zero attached hydrogens (tertiary/aromatic N) is 2. The number of aliphatic carboxylic acids is 4. The summed E-state index contributed by atoms with van der Waals surface area (Å²) < 4.78 is 0. The first kappa shape index (κ1) is 30.3. The van der Waals surface area contributed by atoms with Gasteiger partial charge in [-0.3, -0.25) is 0 Å². The summed E-state index contributed by atoms with van der Waals surface area (Å²) in [5.41, 5.74) is 3.53. The van der Waals surface area contributed by atoms with Crippen molar-refractivity contribution in [2.45, 2.75) is 13.3 Å². The lowest BCUT2D eigenvalue weighted by Crippen LogP contribution is -2.16. The minimum absolute atomic E-state index is 0.558. The van der Waals surface area contributed by atoms with Crippen LogP contribution in [0.4, 0.5) is 5.82 Å². The molecule has 0 saturated heterocycles. The third-order valence-corrected chi connectivity index (χ3v) is 4.54. The molecular weight excluding hydrogens is 484 g/mol. The number of aromatic nitrogens is 2. The van der Waals surface area contributed by atoms with Crippen LogP contribution in [0.5, 0.6) is 0 Å². The number of pyridine rings is 1. The van der Waals surface area contributed by atoms with Gasteiger partial charge < -0.3 is 35.6 Å². The molecule has 3 rings (SSSR count). The number of anilines is 1. The Morgan fingerprint density at radius 3 is 1.92 bits per heavy atom. The van der Waals surface area contributed by atoms with E-state index in [2.05, 4.69) is 65.5 Å². The van der Waals surface area contributed by atoms with Gasteiger partial charge in [0.05, 0.1) is 5.52 Å². The van der Waals surface area contributed by atoms with Gasteiger partial charge in [0.15, 0.2) is 0 Å². The molecule has 6 N–H and O–H groups in total. The summed E-state index contributed by atoms with van der Waals surface area (Å²) >= 11 is 0. The van der Waals surface area contributed by atoms with Gasteiger partial charge in [-0.2, -0.15) is 0 Å². The molecule has 0 radical (unpaired) electrons. The number of carbonyl (C=O) groups is 4. The molecule has 12 heteroatoms. The Hall–Kier alpha value is -4.71. The predicted molar refractivity (Wildman–Crippen MR) is 139 cm³/mol. The van der Waals surface area contributed by atoms with E-state index in [1.807, 2.05) is 6.20 Å². The minimum atomic E-state index is -1.26. The van der Waals surface area contributed by atoms with Crippen molar-refractivity contribution < 1.29 is 39.6 Å². The zero-order chi connectivity index (χ0) is 28.0. The normalized spacial score (nSPS) is 10.7. The number of hydrogen-bond donors (Lipinski definition) is 6. The second-order valence-electron chi connectivity index (χ2n) is 7.81. The SMILES string of the molecule is Cc1cnc(NCCCN(C)C)c2c1[nH]c1ccccc12.O=C(O)/C=C/C(=O)O.O=C(O)/C=C/C(=O)O. The van der Waals surface area contributed by atoms with Gasteiger partial charge in [-0.1, -0.05) is 18.2 Å². The Kier molecular flexibility index (Phi) is 12.6. The number of fused-ring (bicyclic) bond motifs is 3. The molecule has 12 nitrogen and oxygen atoms in total. The van der Waals surface area contributed by atoms with Gasteiger partial charge in [-0.15, -0.1) is 0 Å². The highest BCUT2D eigenvalue weighted by molar-refractivity contribution is 6.13. The van der Waals surface area contributed by atoms with Crippen LogP contribution in [0.15, 0.2) is 54.8 Å². The van der Waals surface area contributed by atoms with E-state index in [1.165, 1.54) is 27.4 Å². The number of hydrogen-bond acceptors (Lipinski definition) is 7. The highest BCUT2D eigenvalue weighted by Gasteiger charge is 2.11. The van der Waals surface area contributed by atoms with E-state index in [0.717, 1.165) is 25.3 Å². The number of carboxylic acid groups (broad SMARTS) is 4.